The van der Waals surface area contributed by atoms with Crippen LogP contribution in [-0.2, 0) is 19.1 Å². The highest BCUT2D eigenvalue weighted by molar-refractivity contribution is 5.67. The molecule has 2 saturated carbocycles. The summed E-state index contributed by atoms with van der Waals surface area (Å²) in [5.41, 5.74) is -0.504. The first-order valence-corrected chi connectivity index (χ1v) is 6.35. The fourth-order valence-corrected chi connectivity index (χ4v) is 2.58. The molecule has 0 aromatic rings. The third-order valence-corrected chi connectivity index (χ3v) is 3.83. The van der Waals surface area contributed by atoms with E-state index in [1.165, 1.54) is 13.8 Å². The minimum atomic E-state index is -0.262. The Morgan fingerprint density at radius 3 is 1.53 bits per heavy atom. The topological polar surface area (TPSA) is 52.6 Å². The largest absolute Gasteiger partial charge is 0.459 e. The Morgan fingerprint density at radius 1 is 0.882 bits per heavy atom. The van der Waals surface area contributed by atoms with Crippen LogP contribution < -0.4 is 0 Å². The fraction of sp³-hybridized carbons (Fsp3) is 0.846. The van der Waals surface area contributed by atoms with Gasteiger partial charge in [0.2, 0.25) is 0 Å². The molecule has 0 aromatic heterocycles. The van der Waals surface area contributed by atoms with Crippen molar-refractivity contribution in [1.29, 1.82) is 0 Å². The summed E-state index contributed by atoms with van der Waals surface area (Å²) < 4.78 is 10.8. The van der Waals surface area contributed by atoms with Gasteiger partial charge in [-0.3, -0.25) is 9.59 Å². The smallest absolute Gasteiger partial charge is 0.303 e. The summed E-state index contributed by atoms with van der Waals surface area (Å²) in [5, 5.41) is 0. The minimum absolute atomic E-state index is 0.206. The molecule has 0 heterocycles. The van der Waals surface area contributed by atoms with Gasteiger partial charge in [-0.05, 0) is 44.9 Å². The van der Waals surface area contributed by atoms with Crippen LogP contribution in [0.3, 0.4) is 0 Å². The van der Waals surface area contributed by atoms with Crippen LogP contribution in [0.1, 0.15) is 58.8 Å². The van der Waals surface area contributed by atoms with E-state index in [2.05, 4.69) is 0 Å². The maximum Gasteiger partial charge on any atom is 0.303 e. The number of carbonyl (C=O) groups is 2. The van der Waals surface area contributed by atoms with Gasteiger partial charge in [0.05, 0.1) is 0 Å². The number of ether oxygens (including phenoxy) is 2. The van der Waals surface area contributed by atoms with Crippen molar-refractivity contribution < 1.29 is 19.1 Å². The summed E-state index contributed by atoms with van der Waals surface area (Å²) in [4.78, 5) is 22.0. The number of rotatable bonds is 5. The van der Waals surface area contributed by atoms with E-state index in [0.29, 0.717) is 0 Å². The van der Waals surface area contributed by atoms with Crippen LogP contribution in [0.5, 0.6) is 0 Å². The summed E-state index contributed by atoms with van der Waals surface area (Å²) in [6.07, 6.45) is 6.55. The first-order valence-electron chi connectivity index (χ1n) is 6.35. The molecule has 0 N–H and O–H groups in total. The second-order valence-corrected chi connectivity index (χ2v) is 5.41. The Morgan fingerprint density at radius 2 is 1.29 bits per heavy atom. The van der Waals surface area contributed by atoms with Crippen molar-refractivity contribution in [3.8, 4) is 0 Å². The summed E-state index contributed by atoms with van der Waals surface area (Å²) in [6.45, 7) is 2.91. The molecule has 0 aliphatic heterocycles. The van der Waals surface area contributed by atoms with Gasteiger partial charge in [-0.25, -0.2) is 0 Å². The van der Waals surface area contributed by atoms with Crippen LogP contribution in [0.4, 0.5) is 0 Å². The number of hydrogen-bond donors (Lipinski definition) is 0. The molecule has 0 bridgehead atoms. The Balaban J connectivity index is 1.84. The van der Waals surface area contributed by atoms with Gasteiger partial charge >= 0.3 is 11.9 Å². The maximum absolute atomic E-state index is 11.1. The molecule has 4 nitrogen and oxygen atoms in total. The van der Waals surface area contributed by atoms with Gasteiger partial charge in [-0.2, -0.15) is 0 Å². The van der Waals surface area contributed by atoms with Crippen LogP contribution in [0.15, 0.2) is 0 Å². The van der Waals surface area contributed by atoms with E-state index >= 15 is 0 Å². The quantitative estimate of drug-likeness (QED) is 0.692. The number of hydrogen-bond acceptors (Lipinski definition) is 4. The zero-order valence-electron chi connectivity index (χ0n) is 10.6. The van der Waals surface area contributed by atoms with Gasteiger partial charge in [0.15, 0.2) is 0 Å². The monoisotopic (exact) mass is 240 g/mol. The molecule has 0 radical (unpaired) electrons. The molecule has 2 rings (SSSR count). The molecule has 17 heavy (non-hydrogen) atoms. The summed E-state index contributed by atoms with van der Waals surface area (Å²) >= 11 is 0. The third kappa shape index (κ3) is 2.99. The lowest BCUT2D eigenvalue weighted by Gasteiger charge is -2.41. The second kappa shape index (κ2) is 4.31. The maximum atomic E-state index is 11.1. The molecule has 2 aliphatic rings. The van der Waals surface area contributed by atoms with E-state index in [-0.39, 0.29) is 23.1 Å². The van der Waals surface area contributed by atoms with E-state index in [9.17, 15) is 9.59 Å². The zero-order valence-corrected chi connectivity index (χ0v) is 10.6. The normalized spacial score (nSPS) is 23.4. The summed E-state index contributed by atoms with van der Waals surface area (Å²) in [7, 11) is 0. The predicted octanol–water partition coefficient (Wildman–Crippen LogP) is 2.35. The molecule has 2 aliphatic carbocycles. The highest BCUT2D eigenvalue weighted by Gasteiger charge is 2.49. The van der Waals surface area contributed by atoms with E-state index in [4.69, 9.17) is 9.47 Å². The van der Waals surface area contributed by atoms with Crippen LogP contribution in [0.2, 0.25) is 0 Å². The molecule has 4 heteroatoms. The van der Waals surface area contributed by atoms with E-state index < -0.39 is 0 Å². The van der Waals surface area contributed by atoms with Crippen molar-refractivity contribution in [1.82, 2.24) is 0 Å². The van der Waals surface area contributed by atoms with Gasteiger partial charge in [0, 0.05) is 13.8 Å². The van der Waals surface area contributed by atoms with Crippen molar-refractivity contribution in [2.75, 3.05) is 0 Å². The fourth-order valence-electron chi connectivity index (χ4n) is 2.58. The first-order chi connectivity index (χ1) is 7.95. The van der Waals surface area contributed by atoms with E-state index in [1.54, 1.807) is 0 Å². The Kier molecular flexibility index (Phi) is 3.15. The van der Waals surface area contributed by atoms with Crippen LogP contribution >= 0.6 is 0 Å². The van der Waals surface area contributed by atoms with Crippen LogP contribution in [-0.4, -0.2) is 23.1 Å². The van der Waals surface area contributed by atoms with Crippen molar-refractivity contribution in [2.24, 2.45) is 0 Å². The Bertz CT molecular complexity index is 326. The number of esters is 2. The van der Waals surface area contributed by atoms with Crippen LogP contribution in [0.25, 0.3) is 0 Å². The zero-order chi connectivity index (χ0) is 12.5. The molecule has 0 saturated heterocycles. The average molecular weight is 240 g/mol. The second-order valence-electron chi connectivity index (χ2n) is 5.41. The molecule has 2 fully saturated rings. The average Bonchev–Trinajstić information content (AvgIpc) is 2.88. The first kappa shape index (κ1) is 12.4. The van der Waals surface area contributed by atoms with Crippen LogP contribution in [0, 0.1) is 0 Å². The highest BCUT2D eigenvalue weighted by atomic mass is 16.6. The lowest BCUT2D eigenvalue weighted by molar-refractivity contribution is -0.171. The summed E-state index contributed by atoms with van der Waals surface area (Å²) in [5.74, 6) is -0.417. The van der Waals surface area contributed by atoms with Crippen molar-refractivity contribution in [3.05, 3.63) is 0 Å². The molecule has 0 unspecified atom stereocenters. The van der Waals surface area contributed by atoms with Crippen molar-refractivity contribution in [2.45, 2.75) is 70.0 Å². The van der Waals surface area contributed by atoms with Gasteiger partial charge in [-0.15, -0.1) is 0 Å². The Labute approximate surface area is 102 Å². The molecule has 0 aromatic carbocycles. The lowest BCUT2D eigenvalue weighted by Crippen LogP contribution is -2.42. The number of carbonyl (C=O) groups excluding carboxylic acids is 2. The third-order valence-electron chi connectivity index (χ3n) is 3.83. The molecule has 0 atom stereocenters. The lowest BCUT2D eigenvalue weighted by atomic mass is 9.76. The molecular weight excluding hydrogens is 220 g/mol. The van der Waals surface area contributed by atoms with Gasteiger partial charge in [-0.1, -0.05) is 0 Å². The predicted molar refractivity (Wildman–Crippen MR) is 61.3 cm³/mol. The molecule has 96 valence electrons. The van der Waals surface area contributed by atoms with Gasteiger partial charge in [0.1, 0.15) is 11.2 Å². The summed E-state index contributed by atoms with van der Waals surface area (Å²) in [6, 6.07) is 0. The highest BCUT2D eigenvalue weighted by Crippen LogP contribution is 2.48. The van der Waals surface area contributed by atoms with E-state index in [1.807, 2.05) is 0 Å². The molecular formula is C13H20O4. The van der Waals surface area contributed by atoms with Crippen molar-refractivity contribution in [3.63, 3.8) is 0 Å². The van der Waals surface area contributed by atoms with Crippen molar-refractivity contribution >= 4 is 11.9 Å². The molecule has 0 amide bonds. The van der Waals surface area contributed by atoms with E-state index in [0.717, 1.165) is 44.9 Å². The minimum Gasteiger partial charge on any atom is -0.459 e. The Hall–Kier alpha value is -1.06. The van der Waals surface area contributed by atoms with Gasteiger partial charge in [0.25, 0.3) is 0 Å². The SMILES string of the molecule is CC(=O)OC1(CCC2(OC(C)=O)CC2)CCC1. The van der Waals surface area contributed by atoms with Gasteiger partial charge < -0.3 is 9.47 Å². The molecule has 0 spiro atoms. The standard InChI is InChI=1S/C13H20O4/c1-10(14)16-12(4-3-5-12)6-7-13(8-9-13)17-11(2)15/h3-9H2,1-2H3.